The third-order valence-electron chi connectivity index (χ3n) is 3.52. The number of carbonyl (C=O) groups excluding carboxylic acids is 1. The van der Waals surface area contributed by atoms with Crippen LogP contribution in [0.1, 0.15) is 21.7 Å². The van der Waals surface area contributed by atoms with Crippen LogP contribution in [0.3, 0.4) is 0 Å². The van der Waals surface area contributed by atoms with E-state index in [-0.39, 0.29) is 5.91 Å². The molecule has 0 unspecified atom stereocenters. The first-order valence-corrected chi connectivity index (χ1v) is 7.00. The molecule has 0 atom stereocenters. The summed E-state index contributed by atoms with van der Waals surface area (Å²) in [6, 6.07) is 9.30. The molecule has 0 spiro atoms. The molecule has 0 saturated heterocycles. The Labute approximate surface area is 128 Å². The minimum absolute atomic E-state index is 0.147. The van der Waals surface area contributed by atoms with E-state index in [1.165, 1.54) is 0 Å². The number of aromatic nitrogens is 2. The van der Waals surface area contributed by atoms with Crippen LogP contribution in [-0.4, -0.2) is 15.5 Å². The first kappa shape index (κ1) is 14.1. The Bertz CT molecular complexity index is 830. The second-order valence-electron chi connectivity index (χ2n) is 5.28. The predicted octanol–water partition coefficient (Wildman–Crippen LogP) is 3.55. The van der Waals surface area contributed by atoms with Crippen LogP contribution in [0.15, 0.2) is 47.2 Å². The zero-order valence-electron chi connectivity index (χ0n) is 12.8. The Hall–Kier alpha value is -2.82. The quantitative estimate of drug-likeness (QED) is 0.804. The second kappa shape index (κ2) is 5.52. The summed E-state index contributed by atoms with van der Waals surface area (Å²) in [7, 11) is 1.84. The number of oxazole rings is 1. The Morgan fingerprint density at radius 2 is 2.09 bits per heavy atom. The fourth-order valence-corrected chi connectivity index (χ4v) is 2.30. The molecule has 1 aromatic carbocycles. The molecule has 0 aliphatic carbocycles. The number of nitrogens with zero attached hydrogens (tertiary/aromatic N) is 2. The second-order valence-corrected chi connectivity index (χ2v) is 5.28. The van der Waals surface area contributed by atoms with Crippen molar-refractivity contribution in [1.29, 1.82) is 0 Å². The molecule has 3 aromatic rings. The van der Waals surface area contributed by atoms with Crippen LogP contribution < -0.4 is 5.32 Å². The molecule has 1 N–H and O–H groups in total. The van der Waals surface area contributed by atoms with Crippen LogP contribution in [0, 0.1) is 13.8 Å². The standard InChI is InChI=1S/C17H17N3O2/c1-11-6-7-13(9-14(11)17-18-12(2)10-22-17)19-16(21)15-5-4-8-20(15)3/h4-10H,1-3H3,(H,19,21). The molecule has 2 aromatic heterocycles. The van der Waals surface area contributed by atoms with E-state index < -0.39 is 0 Å². The molecule has 5 nitrogen and oxygen atoms in total. The number of anilines is 1. The minimum Gasteiger partial charge on any atom is -0.444 e. The first-order chi connectivity index (χ1) is 10.5. The monoisotopic (exact) mass is 295 g/mol. The van der Waals surface area contributed by atoms with Gasteiger partial charge in [-0.15, -0.1) is 0 Å². The number of hydrogen-bond donors (Lipinski definition) is 1. The van der Waals surface area contributed by atoms with Crippen LogP contribution in [0.25, 0.3) is 11.5 Å². The molecule has 0 aliphatic heterocycles. The van der Waals surface area contributed by atoms with Gasteiger partial charge in [-0.25, -0.2) is 4.98 Å². The number of benzene rings is 1. The van der Waals surface area contributed by atoms with Crippen LogP contribution in [0.4, 0.5) is 5.69 Å². The summed E-state index contributed by atoms with van der Waals surface area (Å²) in [6.45, 7) is 3.86. The van der Waals surface area contributed by atoms with E-state index in [0.717, 1.165) is 16.8 Å². The molecule has 0 saturated carbocycles. The van der Waals surface area contributed by atoms with E-state index in [1.807, 2.05) is 51.4 Å². The number of aryl methyl sites for hydroxylation is 3. The summed E-state index contributed by atoms with van der Waals surface area (Å²) in [5.41, 5.74) is 4.06. The van der Waals surface area contributed by atoms with E-state index in [4.69, 9.17) is 4.42 Å². The Morgan fingerprint density at radius 1 is 1.27 bits per heavy atom. The lowest BCUT2D eigenvalue weighted by molar-refractivity contribution is 0.101. The number of hydrogen-bond acceptors (Lipinski definition) is 3. The number of carbonyl (C=O) groups is 1. The summed E-state index contributed by atoms with van der Waals surface area (Å²) in [5, 5.41) is 2.90. The van der Waals surface area contributed by atoms with Crippen molar-refractivity contribution >= 4 is 11.6 Å². The maximum absolute atomic E-state index is 12.3. The maximum Gasteiger partial charge on any atom is 0.272 e. The van der Waals surface area contributed by atoms with Gasteiger partial charge in [-0.1, -0.05) is 6.07 Å². The van der Waals surface area contributed by atoms with E-state index >= 15 is 0 Å². The Balaban J connectivity index is 1.89. The van der Waals surface area contributed by atoms with Gasteiger partial charge in [0.1, 0.15) is 12.0 Å². The first-order valence-electron chi connectivity index (χ1n) is 7.00. The number of amides is 1. The SMILES string of the molecule is Cc1coc(-c2cc(NC(=O)c3cccn3C)ccc2C)n1. The van der Waals surface area contributed by atoms with Crippen molar-refractivity contribution in [3.8, 4) is 11.5 Å². The lowest BCUT2D eigenvalue weighted by Gasteiger charge is -2.09. The molecule has 0 aliphatic rings. The highest BCUT2D eigenvalue weighted by Gasteiger charge is 2.12. The zero-order chi connectivity index (χ0) is 15.7. The fraction of sp³-hybridized carbons (Fsp3) is 0.176. The third kappa shape index (κ3) is 2.65. The summed E-state index contributed by atoms with van der Waals surface area (Å²) >= 11 is 0. The molecular formula is C17H17N3O2. The van der Waals surface area contributed by atoms with Gasteiger partial charge < -0.3 is 14.3 Å². The van der Waals surface area contributed by atoms with Crippen molar-refractivity contribution in [2.75, 3.05) is 5.32 Å². The normalized spacial score (nSPS) is 10.7. The maximum atomic E-state index is 12.3. The Kier molecular flexibility index (Phi) is 3.55. The van der Waals surface area contributed by atoms with Crippen LogP contribution in [-0.2, 0) is 7.05 Å². The van der Waals surface area contributed by atoms with Crippen molar-refractivity contribution in [1.82, 2.24) is 9.55 Å². The van der Waals surface area contributed by atoms with Crippen LogP contribution >= 0.6 is 0 Å². The molecule has 22 heavy (non-hydrogen) atoms. The summed E-state index contributed by atoms with van der Waals surface area (Å²) < 4.78 is 7.23. The van der Waals surface area contributed by atoms with Crippen LogP contribution in [0.2, 0.25) is 0 Å². The van der Waals surface area contributed by atoms with Gasteiger partial charge >= 0.3 is 0 Å². The smallest absolute Gasteiger partial charge is 0.272 e. The van der Waals surface area contributed by atoms with Crippen molar-refractivity contribution in [3.63, 3.8) is 0 Å². The lowest BCUT2D eigenvalue weighted by atomic mass is 10.1. The highest BCUT2D eigenvalue weighted by molar-refractivity contribution is 6.03. The average molecular weight is 295 g/mol. The van der Waals surface area contributed by atoms with Crippen molar-refractivity contribution in [2.45, 2.75) is 13.8 Å². The average Bonchev–Trinajstić information content (AvgIpc) is 3.09. The molecule has 5 heteroatoms. The summed E-state index contributed by atoms with van der Waals surface area (Å²) in [4.78, 5) is 16.6. The topological polar surface area (TPSA) is 60.1 Å². The minimum atomic E-state index is -0.147. The summed E-state index contributed by atoms with van der Waals surface area (Å²) in [6.07, 6.45) is 3.45. The van der Waals surface area contributed by atoms with Gasteiger partial charge in [-0.2, -0.15) is 0 Å². The van der Waals surface area contributed by atoms with Gasteiger partial charge in [0.15, 0.2) is 0 Å². The van der Waals surface area contributed by atoms with E-state index in [0.29, 0.717) is 17.3 Å². The van der Waals surface area contributed by atoms with Crippen molar-refractivity contribution in [2.24, 2.45) is 7.05 Å². The molecule has 2 heterocycles. The molecule has 0 fully saturated rings. The molecule has 1 amide bonds. The number of rotatable bonds is 3. The highest BCUT2D eigenvalue weighted by Crippen LogP contribution is 2.26. The van der Waals surface area contributed by atoms with Gasteiger partial charge in [0.25, 0.3) is 5.91 Å². The summed E-state index contributed by atoms with van der Waals surface area (Å²) in [5.74, 6) is 0.413. The van der Waals surface area contributed by atoms with Crippen molar-refractivity contribution in [3.05, 3.63) is 59.7 Å². The molecular weight excluding hydrogens is 278 g/mol. The van der Waals surface area contributed by atoms with Crippen molar-refractivity contribution < 1.29 is 9.21 Å². The fourth-order valence-electron chi connectivity index (χ4n) is 2.30. The predicted molar refractivity (Wildman–Crippen MR) is 84.8 cm³/mol. The van der Waals surface area contributed by atoms with E-state index in [1.54, 1.807) is 16.9 Å². The van der Waals surface area contributed by atoms with Gasteiger partial charge in [-0.05, 0) is 43.7 Å². The van der Waals surface area contributed by atoms with Crippen LogP contribution in [0.5, 0.6) is 0 Å². The molecule has 0 bridgehead atoms. The zero-order valence-corrected chi connectivity index (χ0v) is 12.8. The van der Waals surface area contributed by atoms with E-state index in [9.17, 15) is 4.79 Å². The van der Waals surface area contributed by atoms with Gasteiger partial charge in [0.2, 0.25) is 5.89 Å². The van der Waals surface area contributed by atoms with Gasteiger partial charge in [-0.3, -0.25) is 4.79 Å². The van der Waals surface area contributed by atoms with Gasteiger partial charge in [0.05, 0.1) is 5.69 Å². The molecule has 3 rings (SSSR count). The third-order valence-corrected chi connectivity index (χ3v) is 3.52. The lowest BCUT2D eigenvalue weighted by Crippen LogP contribution is -2.15. The molecule has 112 valence electrons. The van der Waals surface area contributed by atoms with Gasteiger partial charge in [0, 0.05) is 24.5 Å². The molecule has 0 radical (unpaired) electrons. The number of nitrogens with one attached hydrogen (secondary N) is 1. The largest absolute Gasteiger partial charge is 0.444 e. The Morgan fingerprint density at radius 3 is 2.73 bits per heavy atom. The van der Waals surface area contributed by atoms with E-state index in [2.05, 4.69) is 10.3 Å². The highest BCUT2D eigenvalue weighted by atomic mass is 16.3.